The Morgan fingerprint density at radius 2 is 1.95 bits per heavy atom. The highest BCUT2D eigenvalue weighted by atomic mass is 16.6. The van der Waals surface area contributed by atoms with Crippen LogP contribution >= 0.6 is 0 Å². The summed E-state index contributed by atoms with van der Waals surface area (Å²) in [6.07, 6.45) is 5.68. The average Bonchev–Trinajstić information content (AvgIpc) is 3.31. The molecule has 0 spiro atoms. The number of hydrogen-bond acceptors (Lipinski definition) is 5. The largest absolute Gasteiger partial charge is 0.469 e. The Morgan fingerprint density at radius 1 is 1.27 bits per heavy atom. The van der Waals surface area contributed by atoms with Gasteiger partial charge in [0.2, 0.25) is 0 Å². The second kappa shape index (κ2) is 9.13. The van der Waals surface area contributed by atoms with Gasteiger partial charge in [-0.05, 0) is 26.7 Å². The van der Waals surface area contributed by atoms with Crippen LogP contribution in [0, 0.1) is 11.3 Å². The summed E-state index contributed by atoms with van der Waals surface area (Å²) in [5, 5.41) is 0. The van der Waals surface area contributed by atoms with Gasteiger partial charge in [0.1, 0.15) is 12.7 Å². The normalized spacial score (nSPS) is 18.6. The van der Waals surface area contributed by atoms with Gasteiger partial charge in [0.15, 0.2) is 0 Å². The van der Waals surface area contributed by atoms with E-state index < -0.39 is 5.41 Å². The van der Waals surface area contributed by atoms with Gasteiger partial charge in [-0.2, -0.15) is 0 Å². The molecule has 0 aromatic carbocycles. The molecule has 0 aromatic heterocycles. The molecule has 1 heterocycles. The minimum atomic E-state index is -0.696. The highest BCUT2D eigenvalue weighted by molar-refractivity contribution is 5.78. The third kappa shape index (κ3) is 6.77. The van der Waals surface area contributed by atoms with E-state index >= 15 is 0 Å². The minimum Gasteiger partial charge on any atom is -0.469 e. The molecule has 0 saturated carbocycles. The molecular weight excluding hydrogens is 284 g/mol. The number of ether oxygens (including phenoxy) is 3. The van der Waals surface area contributed by atoms with Gasteiger partial charge in [0.05, 0.1) is 25.0 Å². The van der Waals surface area contributed by atoms with E-state index in [4.69, 9.17) is 14.2 Å². The molecule has 1 aliphatic heterocycles. The van der Waals surface area contributed by atoms with E-state index in [0.29, 0.717) is 19.6 Å². The Kier molecular flexibility index (Phi) is 7.87. The van der Waals surface area contributed by atoms with Crippen molar-refractivity contribution >= 4 is 11.9 Å². The van der Waals surface area contributed by atoms with Gasteiger partial charge >= 0.3 is 11.9 Å². The van der Waals surface area contributed by atoms with Crippen molar-refractivity contribution in [2.75, 3.05) is 20.3 Å². The van der Waals surface area contributed by atoms with Crippen LogP contribution in [0.2, 0.25) is 0 Å². The molecule has 5 nitrogen and oxygen atoms in total. The summed E-state index contributed by atoms with van der Waals surface area (Å²) < 4.78 is 15.2. The van der Waals surface area contributed by atoms with Gasteiger partial charge in [-0.15, -0.1) is 0 Å². The SMILES string of the molecule is CCCCCCC(CC(C)(C)C(=O)OCC1CO1)C(=O)OC. The highest BCUT2D eigenvalue weighted by Gasteiger charge is 2.36. The van der Waals surface area contributed by atoms with E-state index in [2.05, 4.69) is 6.92 Å². The Bertz CT molecular complexity index is 360. The molecule has 0 aromatic rings. The second-order valence-corrected chi connectivity index (χ2v) is 6.71. The molecule has 5 heteroatoms. The summed E-state index contributed by atoms with van der Waals surface area (Å²) >= 11 is 0. The third-order valence-corrected chi connectivity index (χ3v) is 4.05. The monoisotopic (exact) mass is 314 g/mol. The van der Waals surface area contributed by atoms with Gasteiger partial charge in [0.25, 0.3) is 0 Å². The maximum Gasteiger partial charge on any atom is 0.311 e. The van der Waals surface area contributed by atoms with Gasteiger partial charge < -0.3 is 14.2 Å². The first-order valence-electron chi connectivity index (χ1n) is 8.27. The van der Waals surface area contributed by atoms with Crippen molar-refractivity contribution in [3.05, 3.63) is 0 Å². The second-order valence-electron chi connectivity index (χ2n) is 6.71. The predicted octanol–water partition coefficient (Wildman–Crippen LogP) is 3.10. The lowest BCUT2D eigenvalue weighted by Gasteiger charge is -2.26. The highest BCUT2D eigenvalue weighted by Crippen LogP contribution is 2.31. The van der Waals surface area contributed by atoms with Crippen molar-refractivity contribution in [1.82, 2.24) is 0 Å². The zero-order chi connectivity index (χ0) is 16.6. The van der Waals surface area contributed by atoms with Crippen LogP contribution in [0.25, 0.3) is 0 Å². The molecule has 0 N–H and O–H groups in total. The van der Waals surface area contributed by atoms with Gasteiger partial charge in [-0.1, -0.05) is 32.6 Å². The van der Waals surface area contributed by atoms with E-state index in [1.165, 1.54) is 13.5 Å². The maximum absolute atomic E-state index is 12.2. The van der Waals surface area contributed by atoms with Crippen LogP contribution in [0.15, 0.2) is 0 Å². The summed E-state index contributed by atoms with van der Waals surface area (Å²) in [7, 11) is 1.40. The molecule has 0 bridgehead atoms. The lowest BCUT2D eigenvalue weighted by atomic mass is 9.80. The Labute approximate surface area is 133 Å². The molecule has 2 atom stereocenters. The molecule has 1 rings (SSSR count). The van der Waals surface area contributed by atoms with Gasteiger partial charge in [-0.3, -0.25) is 9.59 Å². The molecule has 0 amide bonds. The average molecular weight is 314 g/mol. The summed E-state index contributed by atoms with van der Waals surface area (Å²) in [6, 6.07) is 0. The fraction of sp³-hybridized carbons (Fsp3) is 0.882. The number of epoxide rings is 1. The first-order valence-corrected chi connectivity index (χ1v) is 8.27. The summed E-state index contributed by atoms with van der Waals surface area (Å²) in [5.74, 6) is -0.755. The van der Waals surface area contributed by atoms with E-state index in [9.17, 15) is 9.59 Å². The Morgan fingerprint density at radius 3 is 2.50 bits per heavy atom. The molecule has 0 radical (unpaired) electrons. The van der Waals surface area contributed by atoms with Crippen LogP contribution in [0.5, 0.6) is 0 Å². The molecule has 1 aliphatic rings. The van der Waals surface area contributed by atoms with E-state index in [1.54, 1.807) is 0 Å². The summed E-state index contributed by atoms with van der Waals surface area (Å²) in [6.45, 7) is 6.77. The van der Waals surface area contributed by atoms with Crippen LogP contribution in [-0.4, -0.2) is 38.4 Å². The van der Waals surface area contributed by atoms with Crippen molar-refractivity contribution in [2.24, 2.45) is 11.3 Å². The van der Waals surface area contributed by atoms with Gasteiger partial charge in [-0.25, -0.2) is 0 Å². The zero-order valence-electron chi connectivity index (χ0n) is 14.4. The number of methoxy groups -OCH3 is 1. The minimum absolute atomic E-state index is 0.0604. The molecular formula is C17H30O5. The lowest BCUT2D eigenvalue weighted by molar-refractivity contribution is -0.157. The van der Waals surface area contributed by atoms with Crippen molar-refractivity contribution in [2.45, 2.75) is 65.4 Å². The fourth-order valence-corrected chi connectivity index (χ4v) is 2.52. The maximum atomic E-state index is 12.2. The van der Waals surface area contributed by atoms with Crippen LogP contribution in [-0.2, 0) is 23.8 Å². The topological polar surface area (TPSA) is 65.1 Å². The first kappa shape index (κ1) is 18.9. The molecule has 1 fully saturated rings. The van der Waals surface area contributed by atoms with E-state index in [1.807, 2.05) is 13.8 Å². The number of unbranched alkanes of at least 4 members (excludes halogenated alkanes) is 3. The molecule has 1 saturated heterocycles. The number of carbonyl (C=O) groups is 2. The van der Waals surface area contributed by atoms with E-state index in [-0.39, 0.29) is 24.0 Å². The number of carbonyl (C=O) groups excluding carboxylic acids is 2. The zero-order valence-corrected chi connectivity index (χ0v) is 14.4. The lowest BCUT2D eigenvalue weighted by Crippen LogP contribution is -2.33. The van der Waals surface area contributed by atoms with E-state index in [0.717, 1.165) is 25.7 Å². The number of hydrogen-bond donors (Lipinski definition) is 0. The fourth-order valence-electron chi connectivity index (χ4n) is 2.52. The Balaban J connectivity index is 2.48. The standard InChI is InChI=1S/C17H30O5/c1-5-6-7-8-9-13(15(18)20-4)10-17(2,3)16(19)22-12-14-11-21-14/h13-14H,5-12H2,1-4H3. The van der Waals surface area contributed by atoms with Gasteiger partial charge in [0, 0.05) is 0 Å². The first-order chi connectivity index (χ1) is 10.4. The number of rotatable bonds is 11. The van der Waals surface area contributed by atoms with Crippen molar-refractivity contribution < 1.29 is 23.8 Å². The van der Waals surface area contributed by atoms with Crippen molar-refractivity contribution in [3.8, 4) is 0 Å². The predicted molar refractivity (Wildman–Crippen MR) is 83.4 cm³/mol. The molecule has 0 aliphatic carbocycles. The van der Waals surface area contributed by atoms with Crippen LogP contribution in [0.1, 0.15) is 59.3 Å². The van der Waals surface area contributed by atoms with Crippen LogP contribution in [0.4, 0.5) is 0 Å². The third-order valence-electron chi connectivity index (χ3n) is 4.05. The smallest absolute Gasteiger partial charge is 0.311 e. The number of esters is 2. The summed E-state index contributed by atoms with van der Waals surface area (Å²) in [5.41, 5.74) is -0.696. The molecule has 22 heavy (non-hydrogen) atoms. The van der Waals surface area contributed by atoms with Crippen molar-refractivity contribution in [1.29, 1.82) is 0 Å². The van der Waals surface area contributed by atoms with Crippen LogP contribution < -0.4 is 0 Å². The van der Waals surface area contributed by atoms with Crippen LogP contribution in [0.3, 0.4) is 0 Å². The molecule has 128 valence electrons. The quantitative estimate of drug-likeness (QED) is 0.333. The Hall–Kier alpha value is -1.10. The summed E-state index contributed by atoms with van der Waals surface area (Å²) in [4.78, 5) is 24.1. The van der Waals surface area contributed by atoms with Crippen molar-refractivity contribution in [3.63, 3.8) is 0 Å². The molecule has 2 unspecified atom stereocenters.